The third-order valence-electron chi connectivity index (χ3n) is 5.58. The number of nitrogens with one attached hydrogen (secondary N) is 1. The fourth-order valence-corrected chi connectivity index (χ4v) is 4.30. The topological polar surface area (TPSA) is 42.3 Å². The number of hydrogen-bond acceptors (Lipinski definition) is 4. The Morgan fingerprint density at radius 2 is 1.96 bits per heavy atom. The van der Waals surface area contributed by atoms with Crippen LogP contribution in [-0.2, 0) is 13.5 Å². The Morgan fingerprint density at radius 3 is 2.76 bits per heavy atom. The minimum atomic E-state index is 0.472. The molecule has 1 saturated heterocycles. The molecule has 2 aliphatic rings. The normalized spacial score (nSPS) is 21.2. The van der Waals surface area contributed by atoms with Crippen LogP contribution in [0, 0.1) is 0 Å². The van der Waals surface area contributed by atoms with Crippen LogP contribution in [0.5, 0.6) is 5.75 Å². The summed E-state index contributed by atoms with van der Waals surface area (Å²) in [5, 5.41) is 8.54. The van der Waals surface area contributed by atoms with Gasteiger partial charge in [-0.2, -0.15) is 5.10 Å². The van der Waals surface area contributed by atoms with Crippen molar-refractivity contribution in [3.05, 3.63) is 41.7 Å². The molecule has 1 aromatic carbocycles. The summed E-state index contributed by atoms with van der Waals surface area (Å²) in [5.41, 5.74) is 3.93. The van der Waals surface area contributed by atoms with Gasteiger partial charge in [-0.15, -0.1) is 0 Å². The van der Waals surface area contributed by atoms with Crippen LogP contribution in [0.1, 0.15) is 43.0 Å². The van der Waals surface area contributed by atoms with Crippen LogP contribution in [0.2, 0.25) is 0 Å². The Balaban J connectivity index is 1.38. The van der Waals surface area contributed by atoms with Gasteiger partial charge in [0.15, 0.2) is 0 Å². The number of nitrogens with zero attached hydrogens (tertiary/aromatic N) is 3. The van der Waals surface area contributed by atoms with E-state index >= 15 is 0 Å². The van der Waals surface area contributed by atoms with Crippen molar-refractivity contribution in [1.82, 2.24) is 15.1 Å². The Hall–Kier alpha value is -2.01. The molecule has 0 saturated carbocycles. The standard InChI is InChI=1S/C20H28N4O/c1-23-14-16-17(6-5-7-18(16)22-23)21-15-10-12-24(13-11-15)19-8-3-4-9-20(19)25-2/h3-4,8-9,14-15,17,21H,5-7,10-13H2,1-2H3. The molecule has 0 bridgehead atoms. The van der Waals surface area contributed by atoms with Crippen LogP contribution in [-0.4, -0.2) is 36.0 Å². The molecule has 0 radical (unpaired) electrons. The zero-order chi connectivity index (χ0) is 17.2. The van der Waals surface area contributed by atoms with Crippen molar-refractivity contribution < 1.29 is 4.74 Å². The highest BCUT2D eigenvalue weighted by Gasteiger charge is 2.27. The van der Waals surface area contributed by atoms with Crippen LogP contribution in [0.3, 0.4) is 0 Å². The number of hydrogen-bond donors (Lipinski definition) is 1. The van der Waals surface area contributed by atoms with E-state index in [9.17, 15) is 0 Å². The van der Waals surface area contributed by atoms with Gasteiger partial charge < -0.3 is 15.0 Å². The molecule has 1 N–H and O–H groups in total. The third kappa shape index (κ3) is 3.38. The molecule has 5 heteroatoms. The minimum absolute atomic E-state index is 0.472. The number of aromatic nitrogens is 2. The molecule has 2 aromatic rings. The van der Waals surface area contributed by atoms with Crippen molar-refractivity contribution in [3.63, 3.8) is 0 Å². The molecular weight excluding hydrogens is 312 g/mol. The zero-order valence-corrected chi connectivity index (χ0v) is 15.2. The summed E-state index contributed by atoms with van der Waals surface area (Å²) in [5.74, 6) is 0.973. The lowest BCUT2D eigenvalue weighted by atomic mass is 9.91. The van der Waals surface area contributed by atoms with Crippen LogP contribution in [0.25, 0.3) is 0 Å². The second-order valence-corrected chi connectivity index (χ2v) is 7.25. The number of benzene rings is 1. The van der Waals surface area contributed by atoms with Gasteiger partial charge in [-0.1, -0.05) is 12.1 Å². The Morgan fingerprint density at radius 1 is 1.16 bits per heavy atom. The van der Waals surface area contributed by atoms with Gasteiger partial charge in [-0.3, -0.25) is 4.68 Å². The van der Waals surface area contributed by atoms with E-state index in [0.29, 0.717) is 12.1 Å². The molecule has 1 atom stereocenters. The van der Waals surface area contributed by atoms with Crippen LogP contribution >= 0.6 is 0 Å². The number of anilines is 1. The predicted octanol–water partition coefficient (Wildman–Crippen LogP) is 3.06. The molecule has 134 valence electrons. The smallest absolute Gasteiger partial charge is 0.142 e. The first kappa shape index (κ1) is 16.5. The Bertz CT molecular complexity index is 718. The summed E-state index contributed by atoms with van der Waals surface area (Å²) in [6.07, 6.45) is 8.14. The number of para-hydroxylation sites is 2. The highest BCUT2D eigenvalue weighted by molar-refractivity contribution is 5.58. The van der Waals surface area contributed by atoms with Crippen molar-refractivity contribution in [2.24, 2.45) is 7.05 Å². The molecule has 1 aliphatic heterocycles. The number of aryl methyl sites for hydroxylation is 2. The van der Waals surface area contributed by atoms with Gasteiger partial charge >= 0.3 is 0 Å². The molecular formula is C20H28N4O. The number of rotatable bonds is 4. The maximum absolute atomic E-state index is 5.52. The number of ether oxygens (including phenoxy) is 1. The van der Waals surface area contributed by atoms with E-state index in [1.165, 1.54) is 42.6 Å². The van der Waals surface area contributed by atoms with E-state index in [-0.39, 0.29) is 0 Å². The van der Waals surface area contributed by atoms with Crippen LogP contribution in [0.4, 0.5) is 5.69 Å². The molecule has 1 unspecified atom stereocenters. The summed E-state index contributed by atoms with van der Waals surface area (Å²) in [6, 6.07) is 9.39. The van der Waals surface area contributed by atoms with Gasteiger partial charge in [-0.05, 0) is 44.2 Å². The summed E-state index contributed by atoms with van der Waals surface area (Å²) in [7, 11) is 3.78. The first-order chi connectivity index (χ1) is 12.2. The highest BCUT2D eigenvalue weighted by atomic mass is 16.5. The lowest BCUT2D eigenvalue weighted by Crippen LogP contribution is -2.44. The van der Waals surface area contributed by atoms with Crippen molar-refractivity contribution in [2.45, 2.75) is 44.2 Å². The van der Waals surface area contributed by atoms with E-state index in [2.05, 4.69) is 33.6 Å². The van der Waals surface area contributed by atoms with Gasteiger partial charge in [0.1, 0.15) is 5.75 Å². The van der Waals surface area contributed by atoms with Gasteiger partial charge in [0.05, 0.1) is 18.5 Å². The van der Waals surface area contributed by atoms with Crippen LogP contribution < -0.4 is 15.0 Å². The fraction of sp³-hybridized carbons (Fsp3) is 0.550. The summed E-state index contributed by atoms with van der Waals surface area (Å²) in [4.78, 5) is 2.45. The SMILES string of the molecule is COc1ccccc1N1CCC(NC2CCCc3nn(C)cc32)CC1. The Kier molecular flexibility index (Phi) is 4.66. The van der Waals surface area contributed by atoms with Gasteiger partial charge in [0.2, 0.25) is 0 Å². The highest BCUT2D eigenvalue weighted by Crippen LogP contribution is 2.32. The molecule has 2 heterocycles. The molecule has 0 spiro atoms. The summed E-state index contributed by atoms with van der Waals surface area (Å²) >= 11 is 0. The third-order valence-corrected chi connectivity index (χ3v) is 5.58. The molecule has 25 heavy (non-hydrogen) atoms. The molecule has 0 amide bonds. The Labute approximate surface area is 150 Å². The summed E-state index contributed by atoms with van der Waals surface area (Å²) in [6.45, 7) is 2.15. The van der Waals surface area contributed by atoms with Gasteiger partial charge in [0, 0.05) is 44.0 Å². The van der Waals surface area contributed by atoms with Crippen LogP contribution in [0.15, 0.2) is 30.5 Å². The molecule has 1 aromatic heterocycles. The fourth-order valence-electron chi connectivity index (χ4n) is 4.30. The second kappa shape index (κ2) is 7.08. The van der Waals surface area contributed by atoms with Crippen molar-refractivity contribution in [3.8, 4) is 5.75 Å². The van der Waals surface area contributed by atoms with E-state index in [0.717, 1.165) is 25.3 Å². The first-order valence-electron chi connectivity index (χ1n) is 9.41. The molecule has 1 fully saturated rings. The molecule has 5 nitrogen and oxygen atoms in total. The number of piperidine rings is 1. The maximum Gasteiger partial charge on any atom is 0.142 e. The first-order valence-corrected chi connectivity index (χ1v) is 9.41. The van der Waals surface area contributed by atoms with Gasteiger partial charge in [-0.25, -0.2) is 0 Å². The monoisotopic (exact) mass is 340 g/mol. The number of fused-ring (bicyclic) bond motifs is 1. The average Bonchev–Trinajstić information content (AvgIpc) is 3.04. The average molecular weight is 340 g/mol. The predicted molar refractivity (Wildman–Crippen MR) is 100 cm³/mol. The summed E-state index contributed by atoms with van der Waals surface area (Å²) < 4.78 is 7.49. The second-order valence-electron chi connectivity index (χ2n) is 7.25. The van der Waals surface area contributed by atoms with Crippen molar-refractivity contribution >= 4 is 5.69 Å². The molecule has 4 rings (SSSR count). The zero-order valence-electron chi connectivity index (χ0n) is 15.2. The van der Waals surface area contributed by atoms with E-state index < -0.39 is 0 Å². The van der Waals surface area contributed by atoms with Crippen molar-refractivity contribution in [2.75, 3.05) is 25.1 Å². The van der Waals surface area contributed by atoms with E-state index in [1.807, 2.05) is 23.9 Å². The number of methoxy groups -OCH3 is 1. The minimum Gasteiger partial charge on any atom is -0.495 e. The largest absolute Gasteiger partial charge is 0.495 e. The maximum atomic E-state index is 5.52. The molecule has 1 aliphatic carbocycles. The quantitative estimate of drug-likeness (QED) is 0.929. The van der Waals surface area contributed by atoms with E-state index in [1.54, 1.807) is 7.11 Å². The van der Waals surface area contributed by atoms with Gasteiger partial charge in [0.25, 0.3) is 0 Å². The lowest BCUT2D eigenvalue weighted by molar-refractivity contribution is 0.344. The van der Waals surface area contributed by atoms with Crippen molar-refractivity contribution in [1.29, 1.82) is 0 Å². The lowest BCUT2D eigenvalue weighted by Gasteiger charge is -2.37. The van der Waals surface area contributed by atoms with E-state index in [4.69, 9.17) is 4.74 Å².